The first kappa shape index (κ1) is 13.4. The van der Waals surface area contributed by atoms with Gasteiger partial charge < -0.3 is 9.84 Å². The van der Waals surface area contributed by atoms with E-state index >= 15 is 0 Å². The first-order valence-electron chi connectivity index (χ1n) is 7.16. The first-order chi connectivity index (χ1) is 8.72. The highest BCUT2D eigenvalue weighted by Crippen LogP contribution is 2.33. The van der Waals surface area contributed by atoms with Gasteiger partial charge in [-0.25, -0.2) is 0 Å². The zero-order chi connectivity index (χ0) is 13.0. The maximum atomic E-state index is 9.78. The van der Waals surface area contributed by atoms with Gasteiger partial charge in [-0.05, 0) is 44.6 Å². The lowest BCUT2D eigenvalue weighted by Gasteiger charge is -2.32. The van der Waals surface area contributed by atoms with Crippen LogP contribution in [0.3, 0.4) is 0 Å². The van der Waals surface area contributed by atoms with E-state index in [9.17, 15) is 5.11 Å². The summed E-state index contributed by atoms with van der Waals surface area (Å²) in [5.41, 5.74) is 0.901. The van der Waals surface area contributed by atoms with E-state index < -0.39 is 6.10 Å². The molecular formula is C16H24O2. The van der Waals surface area contributed by atoms with Crippen molar-refractivity contribution >= 4 is 0 Å². The fourth-order valence-electron chi connectivity index (χ4n) is 2.89. The molecule has 1 N–H and O–H groups in total. The summed E-state index contributed by atoms with van der Waals surface area (Å²) < 4.78 is 6.19. The zero-order valence-electron chi connectivity index (χ0n) is 11.4. The van der Waals surface area contributed by atoms with Crippen molar-refractivity contribution in [2.75, 3.05) is 0 Å². The van der Waals surface area contributed by atoms with Gasteiger partial charge in [0.25, 0.3) is 0 Å². The van der Waals surface area contributed by atoms with Crippen LogP contribution in [0.4, 0.5) is 0 Å². The van der Waals surface area contributed by atoms with E-state index in [-0.39, 0.29) is 0 Å². The van der Waals surface area contributed by atoms with Crippen molar-refractivity contribution in [2.24, 2.45) is 5.92 Å². The Morgan fingerprint density at radius 1 is 1.28 bits per heavy atom. The molecule has 3 atom stereocenters. The molecule has 1 aromatic rings. The lowest BCUT2D eigenvalue weighted by atomic mass is 9.84. The molecule has 1 aliphatic carbocycles. The summed E-state index contributed by atoms with van der Waals surface area (Å²) in [4.78, 5) is 0. The Morgan fingerprint density at radius 3 is 2.72 bits per heavy atom. The van der Waals surface area contributed by atoms with Crippen LogP contribution in [-0.2, 0) is 0 Å². The second-order valence-corrected chi connectivity index (χ2v) is 5.32. The van der Waals surface area contributed by atoms with Gasteiger partial charge in [-0.3, -0.25) is 0 Å². The molecule has 1 fully saturated rings. The number of benzene rings is 1. The maximum Gasteiger partial charge on any atom is 0.125 e. The number of ether oxygens (including phenoxy) is 1. The molecule has 0 radical (unpaired) electrons. The molecule has 0 spiro atoms. The molecule has 2 rings (SSSR count). The van der Waals surface area contributed by atoms with Crippen molar-refractivity contribution < 1.29 is 9.84 Å². The molecule has 2 unspecified atom stereocenters. The third-order valence-corrected chi connectivity index (χ3v) is 4.01. The largest absolute Gasteiger partial charge is 0.490 e. The minimum Gasteiger partial charge on any atom is -0.490 e. The van der Waals surface area contributed by atoms with Crippen molar-refractivity contribution in [3.63, 3.8) is 0 Å². The summed E-state index contributed by atoms with van der Waals surface area (Å²) >= 11 is 0. The molecule has 0 heterocycles. The fourth-order valence-corrected chi connectivity index (χ4v) is 2.89. The van der Waals surface area contributed by atoms with E-state index in [0.29, 0.717) is 12.0 Å². The highest BCUT2D eigenvalue weighted by atomic mass is 16.5. The van der Waals surface area contributed by atoms with Gasteiger partial charge in [-0.15, -0.1) is 0 Å². The smallest absolute Gasteiger partial charge is 0.125 e. The zero-order valence-corrected chi connectivity index (χ0v) is 11.4. The molecular weight excluding hydrogens is 224 g/mol. The van der Waals surface area contributed by atoms with Crippen LogP contribution in [0.5, 0.6) is 5.75 Å². The minimum absolute atomic E-state index is 0.323. The van der Waals surface area contributed by atoms with Gasteiger partial charge in [0.15, 0.2) is 0 Å². The highest BCUT2D eigenvalue weighted by molar-refractivity contribution is 5.35. The van der Waals surface area contributed by atoms with Gasteiger partial charge in [-0.1, -0.05) is 31.5 Å². The molecule has 0 amide bonds. The number of aliphatic hydroxyl groups excluding tert-OH is 1. The normalized spacial score (nSPS) is 25.7. The van der Waals surface area contributed by atoms with Crippen molar-refractivity contribution in [3.8, 4) is 5.75 Å². The molecule has 100 valence electrons. The molecule has 0 aliphatic heterocycles. The van der Waals surface area contributed by atoms with Crippen LogP contribution in [0, 0.1) is 5.92 Å². The van der Waals surface area contributed by atoms with Crippen LogP contribution in [0.15, 0.2) is 24.3 Å². The van der Waals surface area contributed by atoms with Crippen LogP contribution >= 0.6 is 0 Å². The molecule has 18 heavy (non-hydrogen) atoms. The Hall–Kier alpha value is -1.02. The van der Waals surface area contributed by atoms with E-state index in [4.69, 9.17) is 4.74 Å². The number of aliphatic hydroxyl groups is 1. The quantitative estimate of drug-likeness (QED) is 0.869. The summed E-state index contributed by atoms with van der Waals surface area (Å²) in [5.74, 6) is 1.53. The van der Waals surface area contributed by atoms with E-state index in [0.717, 1.165) is 17.7 Å². The second kappa shape index (κ2) is 6.24. The summed E-state index contributed by atoms with van der Waals surface area (Å²) in [6.45, 7) is 4.04. The van der Waals surface area contributed by atoms with Gasteiger partial charge in [0.2, 0.25) is 0 Å². The van der Waals surface area contributed by atoms with Crippen LogP contribution < -0.4 is 4.74 Å². The van der Waals surface area contributed by atoms with Crippen molar-refractivity contribution in [1.82, 2.24) is 0 Å². The number of rotatable bonds is 4. The van der Waals surface area contributed by atoms with E-state index in [2.05, 4.69) is 6.92 Å². The van der Waals surface area contributed by atoms with E-state index in [1.54, 1.807) is 6.92 Å². The molecule has 1 aliphatic rings. The fraction of sp³-hybridized carbons (Fsp3) is 0.625. The molecule has 2 nitrogen and oxygen atoms in total. The number of hydrogen-bond donors (Lipinski definition) is 1. The van der Waals surface area contributed by atoms with E-state index in [1.807, 2.05) is 24.3 Å². The highest BCUT2D eigenvalue weighted by Gasteiger charge is 2.26. The average Bonchev–Trinajstić information content (AvgIpc) is 2.40. The van der Waals surface area contributed by atoms with E-state index in [1.165, 1.54) is 25.7 Å². The molecule has 2 heteroatoms. The van der Waals surface area contributed by atoms with Gasteiger partial charge in [0, 0.05) is 5.56 Å². The third-order valence-electron chi connectivity index (χ3n) is 4.01. The van der Waals surface area contributed by atoms with Crippen molar-refractivity contribution in [3.05, 3.63) is 29.8 Å². The third kappa shape index (κ3) is 3.05. The van der Waals surface area contributed by atoms with Crippen molar-refractivity contribution in [2.45, 2.75) is 58.2 Å². The SMILES string of the molecule is CCC1CCCCC1Oc1ccccc1[C@@H](C)O. The monoisotopic (exact) mass is 248 g/mol. The Kier molecular flexibility index (Phi) is 4.65. The Morgan fingerprint density at radius 2 is 2.00 bits per heavy atom. The van der Waals surface area contributed by atoms with Gasteiger partial charge in [0.1, 0.15) is 11.9 Å². The van der Waals surface area contributed by atoms with Crippen LogP contribution in [0.2, 0.25) is 0 Å². The van der Waals surface area contributed by atoms with Crippen molar-refractivity contribution in [1.29, 1.82) is 0 Å². The topological polar surface area (TPSA) is 29.5 Å². The summed E-state index contributed by atoms with van der Waals surface area (Å²) in [7, 11) is 0. The van der Waals surface area contributed by atoms with Gasteiger partial charge in [0.05, 0.1) is 6.10 Å². The average molecular weight is 248 g/mol. The van der Waals surface area contributed by atoms with Gasteiger partial charge >= 0.3 is 0 Å². The Labute approximate surface area is 110 Å². The predicted octanol–water partition coefficient (Wildman–Crippen LogP) is 4.09. The molecule has 0 bridgehead atoms. The standard InChI is InChI=1S/C16H24O2/c1-3-13-8-4-6-10-15(13)18-16-11-7-5-9-14(16)12(2)17/h5,7,9,11-13,15,17H,3-4,6,8,10H2,1-2H3/t12-,13?,15?/m1/s1. The summed E-state index contributed by atoms with van der Waals surface area (Å²) in [5, 5.41) is 9.78. The second-order valence-electron chi connectivity index (χ2n) is 5.32. The minimum atomic E-state index is -0.468. The summed E-state index contributed by atoms with van der Waals surface area (Å²) in [6.07, 6.45) is 6.05. The van der Waals surface area contributed by atoms with Crippen LogP contribution in [-0.4, -0.2) is 11.2 Å². The first-order valence-corrected chi connectivity index (χ1v) is 7.16. The lowest BCUT2D eigenvalue weighted by molar-refractivity contribution is 0.0855. The number of para-hydroxylation sites is 1. The summed E-state index contributed by atoms with van der Waals surface area (Å²) in [6, 6.07) is 7.85. The Bertz CT molecular complexity index is 373. The number of hydrogen-bond acceptors (Lipinski definition) is 2. The van der Waals surface area contributed by atoms with Crippen LogP contribution in [0.1, 0.15) is 57.6 Å². The molecule has 0 aromatic heterocycles. The lowest BCUT2D eigenvalue weighted by Crippen LogP contribution is -2.30. The van der Waals surface area contributed by atoms with Crippen LogP contribution in [0.25, 0.3) is 0 Å². The molecule has 1 saturated carbocycles. The molecule has 1 aromatic carbocycles. The Balaban J connectivity index is 2.12. The maximum absolute atomic E-state index is 9.78. The predicted molar refractivity (Wildman–Crippen MR) is 73.7 cm³/mol. The molecule has 0 saturated heterocycles. The van der Waals surface area contributed by atoms with Gasteiger partial charge in [-0.2, -0.15) is 0 Å².